The fraction of sp³-hybridized carbons (Fsp3) is 0.192. The van der Waals surface area contributed by atoms with Gasteiger partial charge in [0, 0.05) is 16.8 Å². The number of hydrogen-bond donors (Lipinski definition) is 2. The fourth-order valence-electron chi connectivity index (χ4n) is 4.62. The minimum absolute atomic E-state index is 0.0487. The Labute approximate surface area is 193 Å². The van der Waals surface area contributed by atoms with Crippen molar-refractivity contribution in [3.8, 4) is 5.69 Å². The van der Waals surface area contributed by atoms with E-state index >= 15 is 0 Å². The molecule has 0 radical (unpaired) electrons. The van der Waals surface area contributed by atoms with Crippen LogP contribution in [0.2, 0.25) is 0 Å². The number of nitrogen functional groups attached to an aromatic ring is 1. The number of aromatic nitrogens is 1. The molecular weight excluding hydrogens is 443 g/mol. The first kappa shape index (κ1) is 21.9. The van der Waals surface area contributed by atoms with E-state index in [1.165, 1.54) is 6.07 Å². The molecule has 1 aliphatic rings. The number of halogens is 3. The van der Waals surface area contributed by atoms with Gasteiger partial charge in [-0.2, -0.15) is 13.2 Å². The van der Waals surface area contributed by atoms with E-state index in [9.17, 15) is 18.0 Å². The van der Waals surface area contributed by atoms with Crippen molar-refractivity contribution in [1.82, 2.24) is 4.57 Å². The number of nitrogens with two attached hydrogens (primary N) is 1. The quantitative estimate of drug-likeness (QED) is 0.340. The number of hydrogen-bond acceptors (Lipinski definition) is 3. The van der Waals surface area contributed by atoms with Gasteiger partial charge in [-0.15, -0.1) is 0 Å². The largest absolute Gasteiger partial charge is 0.444 e. The smallest absolute Gasteiger partial charge is 0.418 e. The highest BCUT2D eigenvalue weighted by Crippen LogP contribution is 2.41. The molecule has 0 atom stereocenters. The van der Waals surface area contributed by atoms with Crippen LogP contribution in [0.15, 0.2) is 66.7 Å². The highest BCUT2D eigenvalue weighted by atomic mass is 19.4. The summed E-state index contributed by atoms with van der Waals surface area (Å²) in [7, 11) is 0. The third kappa shape index (κ3) is 3.96. The number of nitrogens with one attached hydrogen (secondary N) is 1. The highest BCUT2D eigenvalue weighted by Gasteiger charge is 2.35. The third-order valence-electron chi connectivity index (χ3n) is 6.09. The molecule has 1 amide bonds. The molecule has 1 heterocycles. The van der Waals surface area contributed by atoms with Crippen molar-refractivity contribution in [2.24, 2.45) is 0 Å². The maximum atomic E-state index is 14.0. The molecule has 3 aromatic carbocycles. The highest BCUT2D eigenvalue weighted by molar-refractivity contribution is 5.96. The maximum Gasteiger partial charge on any atom is 0.418 e. The van der Waals surface area contributed by atoms with Gasteiger partial charge in [-0.1, -0.05) is 42.5 Å². The van der Waals surface area contributed by atoms with Gasteiger partial charge in [-0.25, -0.2) is 4.79 Å². The van der Waals surface area contributed by atoms with Crippen LogP contribution >= 0.6 is 0 Å². The lowest BCUT2D eigenvalue weighted by molar-refractivity contribution is -0.136. The molecule has 3 N–H and O–H groups in total. The van der Waals surface area contributed by atoms with Crippen LogP contribution in [0, 0.1) is 0 Å². The Morgan fingerprint density at radius 3 is 2.59 bits per heavy atom. The molecule has 0 saturated carbocycles. The summed E-state index contributed by atoms with van der Waals surface area (Å²) in [6, 6.07) is 18.3. The van der Waals surface area contributed by atoms with Gasteiger partial charge in [0.1, 0.15) is 6.61 Å². The summed E-state index contributed by atoms with van der Waals surface area (Å²) in [5.41, 5.74) is 9.32. The van der Waals surface area contributed by atoms with Crippen LogP contribution in [-0.4, -0.2) is 10.7 Å². The number of carbonyl (C=O) groups excluding carboxylic acids is 1. The minimum atomic E-state index is -4.68. The van der Waals surface area contributed by atoms with Crippen LogP contribution in [-0.2, 0) is 30.4 Å². The Balaban J connectivity index is 1.51. The number of benzene rings is 3. The second kappa shape index (κ2) is 8.44. The first-order valence-corrected chi connectivity index (χ1v) is 10.9. The van der Waals surface area contributed by atoms with Gasteiger partial charge in [0.25, 0.3) is 0 Å². The SMILES string of the molecule is Nc1cccc2c3c(n(-c4ccc(NC(=O)OCc5ccccc5)c(C(F)(F)F)c4)c12)CCC3. The molecule has 5 rings (SSSR count). The van der Waals surface area contributed by atoms with Crippen LogP contribution < -0.4 is 11.1 Å². The van der Waals surface area contributed by atoms with Crippen molar-refractivity contribution in [3.63, 3.8) is 0 Å². The van der Waals surface area contributed by atoms with E-state index in [-0.39, 0.29) is 12.3 Å². The Bertz CT molecular complexity index is 1380. The average molecular weight is 465 g/mol. The number of amides is 1. The molecule has 5 nitrogen and oxygen atoms in total. The van der Waals surface area contributed by atoms with Crippen LogP contribution in [0.25, 0.3) is 16.6 Å². The van der Waals surface area contributed by atoms with Crippen molar-refractivity contribution in [2.45, 2.75) is 32.0 Å². The van der Waals surface area contributed by atoms with E-state index in [2.05, 4.69) is 5.32 Å². The maximum absolute atomic E-state index is 14.0. The van der Waals surface area contributed by atoms with Crippen molar-refractivity contribution < 1.29 is 22.7 Å². The lowest BCUT2D eigenvalue weighted by Crippen LogP contribution is -2.18. The fourth-order valence-corrected chi connectivity index (χ4v) is 4.62. The number of aryl methyl sites for hydroxylation is 1. The molecule has 1 aliphatic carbocycles. The van der Waals surface area contributed by atoms with E-state index in [4.69, 9.17) is 10.5 Å². The van der Waals surface area contributed by atoms with Crippen molar-refractivity contribution >= 4 is 28.4 Å². The second-order valence-electron chi connectivity index (χ2n) is 8.27. The summed E-state index contributed by atoms with van der Waals surface area (Å²) in [6.45, 7) is -0.0487. The summed E-state index contributed by atoms with van der Waals surface area (Å²) in [6.07, 6.45) is -3.08. The summed E-state index contributed by atoms with van der Waals surface area (Å²) >= 11 is 0. The van der Waals surface area contributed by atoms with E-state index in [0.717, 1.165) is 47.5 Å². The number of fused-ring (bicyclic) bond motifs is 3. The molecule has 34 heavy (non-hydrogen) atoms. The zero-order valence-corrected chi connectivity index (χ0v) is 18.2. The van der Waals surface area contributed by atoms with Crippen LogP contribution in [0.1, 0.15) is 28.8 Å². The standard InChI is InChI=1S/C26H22F3N3O2/c27-26(28,29)20-14-17(12-13-22(20)31-25(33)34-15-16-6-2-1-3-7-16)32-23-11-5-8-18(23)19-9-4-10-21(30)24(19)32/h1-4,6-7,9-10,12-14H,5,8,11,15,30H2,(H,31,33). The number of rotatable bonds is 4. The van der Waals surface area contributed by atoms with Crippen molar-refractivity contribution in [2.75, 3.05) is 11.1 Å². The molecule has 8 heteroatoms. The zero-order valence-electron chi connectivity index (χ0n) is 18.2. The molecule has 0 bridgehead atoms. The van der Waals surface area contributed by atoms with E-state index in [1.54, 1.807) is 36.4 Å². The molecule has 0 saturated heterocycles. The predicted molar refractivity (Wildman–Crippen MR) is 125 cm³/mol. The monoisotopic (exact) mass is 465 g/mol. The number of nitrogens with zero attached hydrogens (tertiary/aromatic N) is 1. The number of carbonyl (C=O) groups is 1. The Kier molecular flexibility index (Phi) is 5.43. The summed E-state index contributed by atoms with van der Waals surface area (Å²) in [4.78, 5) is 12.2. The van der Waals surface area contributed by atoms with Crippen molar-refractivity contribution in [1.29, 1.82) is 0 Å². The van der Waals surface area contributed by atoms with Gasteiger partial charge >= 0.3 is 12.3 Å². The Morgan fingerprint density at radius 1 is 1.03 bits per heavy atom. The lowest BCUT2D eigenvalue weighted by Gasteiger charge is -2.18. The number of para-hydroxylation sites is 1. The van der Waals surface area contributed by atoms with Gasteiger partial charge in [-0.3, -0.25) is 5.32 Å². The molecule has 0 fully saturated rings. The molecule has 4 aromatic rings. The molecule has 1 aromatic heterocycles. The first-order chi connectivity index (χ1) is 16.3. The molecule has 0 unspecified atom stereocenters. The van der Waals surface area contributed by atoms with Gasteiger partial charge in [-0.05, 0) is 54.7 Å². The summed E-state index contributed by atoms with van der Waals surface area (Å²) in [5, 5.41) is 3.21. The average Bonchev–Trinajstić information content (AvgIpc) is 3.40. The molecule has 174 valence electrons. The Hall–Kier alpha value is -3.94. The van der Waals surface area contributed by atoms with Gasteiger partial charge in [0.15, 0.2) is 0 Å². The van der Waals surface area contributed by atoms with Crippen LogP contribution in [0.4, 0.5) is 29.3 Å². The lowest BCUT2D eigenvalue weighted by atomic mass is 10.1. The van der Waals surface area contributed by atoms with Crippen molar-refractivity contribution in [3.05, 3.63) is 89.1 Å². The summed E-state index contributed by atoms with van der Waals surface area (Å²) < 4.78 is 49.0. The second-order valence-corrected chi connectivity index (χ2v) is 8.27. The first-order valence-electron chi connectivity index (χ1n) is 10.9. The number of anilines is 2. The van der Waals surface area contributed by atoms with Gasteiger partial charge in [0.05, 0.1) is 22.5 Å². The Morgan fingerprint density at radius 2 is 1.82 bits per heavy atom. The number of alkyl halides is 3. The van der Waals surface area contributed by atoms with E-state index in [1.807, 2.05) is 22.8 Å². The van der Waals surface area contributed by atoms with Gasteiger partial charge in [0.2, 0.25) is 0 Å². The predicted octanol–water partition coefficient (Wildman–Crippen LogP) is 6.47. The third-order valence-corrected chi connectivity index (χ3v) is 6.09. The molecule has 0 aliphatic heterocycles. The van der Waals surface area contributed by atoms with Crippen LogP contribution in [0.3, 0.4) is 0 Å². The summed E-state index contributed by atoms with van der Waals surface area (Å²) in [5.74, 6) is 0. The zero-order chi connectivity index (χ0) is 23.9. The minimum Gasteiger partial charge on any atom is -0.444 e. The molecular formula is C26H22F3N3O2. The number of ether oxygens (including phenoxy) is 1. The van der Waals surface area contributed by atoms with E-state index in [0.29, 0.717) is 16.9 Å². The normalized spacial score (nSPS) is 13.1. The van der Waals surface area contributed by atoms with E-state index < -0.39 is 17.8 Å². The van der Waals surface area contributed by atoms with Gasteiger partial charge < -0.3 is 15.0 Å². The molecule has 0 spiro atoms. The van der Waals surface area contributed by atoms with Crippen LogP contribution in [0.5, 0.6) is 0 Å². The topological polar surface area (TPSA) is 69.3 Å².